The van der Waals surface area contributed by atoms with Crippen molar-refractivity contribution < 1.29 is 81.3 Å². The molecule has 4 N–H and O–H groups in total. The first-order valence-electron chi connectivity index (χ1n) is 21.7. The Morgan fingerprint density at radius 1 is 0.543 bits per heavy atom. The number of hydrogen-bond acceptors (Lipinski definition) is 6. The van der Waals surface area contributed by atoms with Crippen LogP contribution in [0, 0.1) is 0 Å². The van der Waals surface area contributed by atoms with Gasteiger partial charge in [-0.25, -0.2) is 0 Å². The molecule has 4 aromatic rings. The van der Waals surface area contributed by atoms with Crippen molar-refractivity contribution in [2.45, 2.75) is 113 Å². The highest BCUT2D eigenvalue weighted by Gasteiger charge is 2.48. The molecule has 0 saturated carbocycles. The smallest absolute Gasteiger partial charge is 0.371 e. The van der Waals surface area contributed by atoms with Crippen molar-refractivity contribution in [2.75, 3.05) is 13.2 Å². The van der Waals surface area contributed by atoms with Crippen LogP contribution in [-0.4, -0.2) is 48.9 Å². The van der Waals surface area contributed by atoms with Crippen LogP contribution >= 0.6 is 0 Å². The van der Waals surface area contributed by atoms with Gasteiger partial charge in [0.05, 0.1) is 58.8 Å². The molecule has 6 atom stereocenters. The fraction of sp³-hybridized carbons (Fsp3) is 0.417. The molecular weight excluding hydrogens is 957 g/mol. The number of halogens is 12. The van der Waals surface area contributed by atoms with E-state index in [4.69, 9.17) is 9.47 Å². The third-order valence-corrected chi connectivity index (χ3v) is 11.7. The molecule has 22 heteroatoms. The van der Waals surface area contributed by atoms with Gasteiger partial charge < -0.3 is 30.7 Å². The second kappa shape index (κ2) is 21.5. The van der Waals surface area contributed by atoms with Gasteiger partial charge in [0.1, 0.15) is 12.1 Å². The van der Waals surface area contributed by atoms with Gasteiger partial charge in [-0.1, -0.05) is 74.5 Å². The van der Waals surface area contributed by atoms with Gasteiger partial charge in [-0.05, 0) is 72.5 Å². The Labute approximate surface area is 393 Å². The lowest BCUT2D eigenvalue weighted by atomic mass is 9.88. The van der Waals surface area contributed by atoms with Gasteiger partial charge >= 0.3 is 24.7 Å². The van der Waals surface area contributed by atoms with E-state index in [-0.39, 0.29) is 74.0 Å². The summed E-state index contributed by atoms with van der Waals surface area (Å²) in [6, 6.07) is 18.0. The molecule has 2 heterocycles. The van der Waals surface area contributed by atoms with Crippen LogP contribution in [0.25, 0.3) is 0 Å². The number of benzene rings is 4. The largest absolute Gasteiger partial charge is 0.416 e. The molecule has 0 bridgehead atoms. The Balaban J connectivity index is 0.000000261. The van der Waals surface area contributed by atoms with E-state index in [2.05, 4.69) is 21.3 Å². The number of hydrogen-bond donors (Lipinski definition) is 4. The fourth-order valence-corrected chi connectivity index (χ4v) is 7.86. The van der Waals surface area contributed by atoms with Crippen LogP contribution < -0.4 is 21.3 Å². The first-order valence-corrected chi connectivity index (χ1v) is 21.7. The van der Waals surface area contributed by atoms with Crippen LogP contribution in [-0.2, 0) is 64.4 Å². The molecule has 70 heavy (non-hydrogen) atoms. The van der Waals surface area contributed by atoms with Gasteiger partial charge in [-0.15, -0.1) is 0 Å². The molecule has 2 aliphatic heterocycles. The van der Waals surface area contributed by atoms with Crippen molar-refractivity contribution in [2.24, 2.45) is 0 Å². The number of ether oxygens (including phenoxy) is 2. The predicted molar refractivity (Wildman–Crippen MR) is 228 cm³/mol. The second-order valence-corrected chi connectivity index (χ2v) is 16.8. The first kappa shape index (κ1) is 54.8. The van der Waals surface area contributed by atoms with E-state index in [0.717, 1.165) is 0 Å². The highest BCUT2D eigenvalue weighted by Crippen LogP contribution is 2.41. The van der Waals surface area contributed by atoms with E-state index < -0.39 is 94.1 Å². The Kier molecular flexibility index (Phi) is 16.8. The second-order valence-electron chi connectivity index (χ2n) is 16.8. The molecule has 2 aliphatic rings. The van der Waals surface area contributed by atoms with E-state index >= 15 is 0 Å². The summed E-state index contributed by atoms with van der Waals surface area (Å²) >= 11 is 0. The van der Waals surface area contributed by atoms with Crippen LogP contribution in [0.15, 0.2) is 97.1 Å². The Hall–Kier alpha value is -6.16. The third-order valence-electron chi connectivity index (χ3n) is 11.7. The van der Waals surface area contributed by atoms with Crippen molar-refractivity contribution in [1.29, 1.82) is 0 Å². The maximum absolute atomic E-state index is 13.2. The zero-order valence-electron chi connectivity index (χ0n) is 37.8. The van der Waals surface area contributed by atoms with Gasteiger partial charge in [0, 0.05) is 25.7 Å². The molecule has 0 spiro atoms. The van der Waals surface area contributed by atoms with Crippen LogP contribution in [0.5, 0.6) is 0 Å². The molecule has 6 rings (SSSR count). The van der Waals surface area contributed by atoms with Gasteiger partial charge in [0.2, 0.25) is 23.6 Å². The summed E-state index contributed by atoms with van der Waals surface area (Å²) in [7, 11) is 0. The highest BCUT2D eigenvalue weighted by atomic mass is 19.4. The van der Waals surface area contributed by atoms with Gasteiger partial charge in [0.15, 0.2) is 0 Å². The average Bonchev–Trinajstić information content (AvgIpc) is 3.81. The zero-order valence-corrected chi connectivity index (χ0v) is 37.8. The molecular formula is C48H48F12N4O6. The van der Waals surface area contributed by atoms with Crippen LogP contribution in [0.4, 0.5) is 52.7 Å². The molecule has 4 aromatic carbocycles. The van der Waals surface area contributed by atoms with E-state index in [1.165, 1.54) is 13.8 Å². The topological polar surface area (TPSA) is 135 Å². The summed E-state index contributed by atoms with van der Waals surface area (Å²) in [5, 5.41) is 10.8. The Morgan fingerprint density at radius 3 is 1.09 bits per heavy atom. The molecule has 10 nitrogen and oxygen atoms in total. The molecule has 380 valence electrons. The SMILES string of the molecule is CCC(=O)N[C@@H]1C[C@@](CO[C@H](C)c2cc(C(F)(F)F)cc(C(F)(F)F)c2)(c2ccccc2)NC1=O.CCC(=O)N[C@H]1C[C@@](CO[C@H](C)c2cc(C(F)(F)F)cc(C(F)(F)F)c2)(c2ccccc2)NC1=O. The maximum atomic E-state index is 13.2. The number of carbonyl (C=O) groups excluding carboxylic acids is 4. The minimum atomic E-state index is -4.98. The van der Waals surface area contributed by atoms with Crippen molar-refractivity contribution in [3.05, 3.63) is 142 Å². The summed E-state index contributed by atoms with van der Waals surface area (Å²) in [6.07, 6.45) is -21.8. The van der Waals surface area contributed by atoms with E-state index in [9.17, 15) is 71.9 Å². The minimum absolute atomic E-state index is 0.0554. The monoisotopic (exact) mass is 1000 g/mol. The van der Waals surface area contributed by atoms with Crippen molar-refractivity contribution in [1.82, 2.24) is 21.3 Å². The van der Waals surface area contributed by atoms with Gasteiger partial charge in [-0.2, -0.15) is 52.7 Å². The van der Waals surface area contributed by atoms with E-state index in [1.54, 1.807) is 74.5 Å². The molecule has 0 unspecified atom stereocenters. The van der Waals surface area contributed by atoms with Crippen LogP contribution in [0.2, 0.25) is 0 Å². The number of nitrogens with one attached hydrogen (secondary N) is 4. The predicted octanol–water partition coefficient (Wildman–Crippen LogP) is 10.2. The number of carbonyl (C=O) groups is 4. The normalized spacial score (nSPS) is 21.5. The van der Waals surface area contributed by atoms with Crippen LogP contribution in [0.1, 0.15) is 110 Å². The summed E-state index contributed by atoms with van der Waals surface area (Å²) in [5.41, 5.74) is -7.42. The van der Waals surface area contributed by atoms with Crippen molar-refractivity contribution in [3.8, 4) is 0 Å². The number of alkyl halides is 12. The molecule has 2 saturated heterocycles. The lowest BCUT2D eigenvalue weighted by Gasteiger charge is -2.31. The summed E-state index contributed by atoms with van der Waals surface area (Å²) in [5.74, 6) is -1.62. The Morgan fingerprint density at radius 2 is 0.829 bits per heavy atom. The van der Waals surface area contributed by atoms with Gasteiger partial charge in [-0.3, -0.25) is 19.2 Å². The molecule has 0 radical (unpaired) electrons. The van der Waals surface area contributed by atoms with Crippen LogP contribution in [0.3, 0.4) is 0 Å². The zero-order chi connectivity index (χ0) is 52.0. The summed E-state index contributed by atoms with van der Waals surface area (Å²) < 4.78 is 170. The number of amides is 4. The molecule has 4 amide bonds. The molecule has 0 aromatic heterocycles. The van der Waals surface area contributed by atoms with Gasteiger partial charge in [0.25, 0.3) is 0 Å². The minimum Gasteiger partial charge on any atom is -0.371 e. The first-order chi connectivity index (χ1) is 32.5. The summed E-state index contributed by atoms with van der Waals surface area (Å²) in [4.78, 5) is 48.9. The van der Waals surface area contributed by atoms with E-state index in [0.29, 0.717) is 35.4 Å². The quantitative estimate of drug-likeness (QED) is 0.0930. The summed E-state index contributed by atoms with van der Waals surface area (Å²) in [6.45, 7) is 5.42. The van der Waals surface area contributed by atoms with Crippen molar-refractivity contribution >= 4 is 23.6 Å². The van der Waals surface area contributed by atoms with Crippen molar-refractivity contribution in [3.63, 3.8) is 0 Å². The standard InChI is InChI=1S/2C24H24F6N2O3/c2*1-3-20(33)31-19-12-22(32-21(19)34,16-7-5-4-6-8-16)13-35-14(2)15-9-17(23(25,26)27)11-18(10-15)24(28,29)30/h2*4-11,14,19H,3,12-13H2,1-2H3,(H,31,33)(H,32,34)/t14-,19+,22-;14-,19-,22-/m11/s1. The molecule has 2 fully saturated rings. The fourth-order valence-electron chi connectivity index (χ4n) is 7.86. The Bertz CT molecular complexity index is 2250. The third kappa shape index (κ3) is 13.6. The number of rotatable bonds is 14. The lowest BCUT2D eigenvalue weighted by molar-refractivity contribution is -0.145. The maximum Gasteiger partial charge on any atom is 0.416 e. The highest BCUT2D eigenvalue weighted by molar-refractivity contribution is 5.91. The average molecular weight is 1000 g/mol. The molecule has 0 aliphatic carbocycles. The lowest BCUT2D eigenvalue weighted by Crippen LogP contribution is -2.43. The van der Waals surface area contributed by atoms with E-state index in [1.807, 2.05) is 0 Å².